The van der Waals surface area contributed by atoms with E-state index in [9.17, 15) is 0 Å². The monoisotopic (exact) mass is 196 g/mol. The van der Waals surface area contributed by atoms with Crippen molar-refractivity contribution in [3.8, 4) is 0 Å². The Hall–Kier alpha value is -0.900. The van der Waals surface area contributed by atoms with Crippen LogP contribution in [0, 0.1) is 5.92 Å². The Kier molecular flexibility index (Phi) is 4.59. The number of rotatable bonds is 6. The Morgan fingerprint density at radius 1 is 1.57 bits per heavy atom. The first kappa shape index (κ1) is 11.2. The first-order valence-electron chi connectivity index (χ1n) is 5.26. The molecule has 1 heterocycles. The molecule has 0 saturated heterocycles. The maximum atomic E-state index is 4.11. The number of aryl methyl sites for hydroxylation is 1. The average Bonchev–Trinajstić information content (AvgIpc) is 2.52. The fourth-order valence-corrected chi connectivity index (χ4v) is 1.76. The van der Waals surface area contributed by atoms with Gasteiger partial charge >= 0.3 is 0 Å². The summed E-state index contributed by atoms with van der Waals surface area (Å²) in [5, 5.41) is 11.3. The summed E-state index contributed by atoms with van der Waals surface area (Å²) in [5.74, 6) is 0.682. The molecule has 1 unspecified atom stereocenters. The van der Waals surface area contributed by atoms with Crippen molar-refractivity contribution in [2.24, 2.45) is 13.0 Å². The van der Waals surface area contributed by atoms with Crippen LogP contribution in [0.4, 0.5) is 0 Å². The zero-order chi connectivity index (χ0) is 10.4. The van der Waals surface area contributed by atoms with Crippen LogP contribution in [0.1, 0.15) is 25.5 Å². The predicted octanol–water partition coefficient (Wildman–Crippen LogP) is 0.993. The molecule has 1 N–H and O–H groups in total. The topological polar surface area (TPSA) is 42.7 Å². The van der Waals surface area contributed by atoms with Crippen molar-refractivity contribution in [3.05, 3.63) is 11.9 Å². The molecular formula is C10H20N4. The third-order valence-corrected chi connectivity index (χ3v) is 2.34. The van der Waals surface area contributed by atoms with E-state index < -0.39 is 0 Å². The van der Waals surface area contributed by atoms with Crippen LogP contribution in [0.5, 0.6) is 0 Å². The van der Waals surface area contributed by atoms with E-state index in [0.29, 0.717) is 5.92 Å². The van der Waals surface area contributed by atoms with E-state index in [1.807, 2.05) is 20.3 Å². The molecule has 0 aliphatic carbocycles. The van der Waals surface area contributed by atoms with E-state index in [0.717, 1.165) is 18.7 Å². The van der Waals surface area contributed by atoms with Gasteiger partial charge in [0.1, 0.15) is 0 Å². The van der Waals surface area contributed by atoms with Crippen LogP contribution in [-0.2, 0) is 13.5 Å². The van der Waals surface area contributed by atoms with E-state index in [2.05, 4.69) is 22.6 Å². The van der Waals surface area contributed by atoms with E-state index in [1.54, 1.807) is 4.68 Å². The van der Waals surface area contributed by atoms with Gasteiger partial charge in [0.2, 0.25) is 0 Å². The fourth-order valence-electron chi connectivity index (χ4n) is 1.76. The molecule has 1 aromatic heterocycles. The smallest absolute Gasteiger partial charge is 0.0830 e. The lowest BCUT2D eigenvalue weighted by atomic mass is 9.98. The molecule has 0 aliphatic rings. The molecule has 0 saturated carbocycles. The second-order valence-electron chi connectivity index (χ2n) is 3.80. The number of nitrogens with one attached hydrogen (secondary N) is 1. The van der Waals surface area contributed by atoms with Gasteiger partial charge in [-0.25, -0.2) is 0 Å². The van der Waals surface area contributed by atoms with E-state index in [1.165, 1.54) is 12.8 Å². The van der Waals surface area contributed by atoms with Crippen molar-refractivity contribution in [2.75, 3.05) is 13.6 Å². The lowest BCUT2D eigenvalue weighted by Crippen LogP contribution is -2.20. The molecule has 0 aromatic carbocycles. The molecule has 4 heteroatoms. The summed E-state index contributed by atoms with van der Waals surface area (Å²) in [4.78, 5) is 0. The summed E-state index contributed by atoms with van der Waals surface area (Å²) >= 11 is 0. The SMILES string of the molecule is CCCC(CNC)Cc1cn(C)nn1. The molecule has 0 fully saturated rings. The van der Waals surface area contributed by atoms with Gasteiger partial charge in [0, 0.05) is 13.2 Å². The maximum Gasteiger partial charge on any atom is 0.0830 e. The Morgan fingerprint density at radius 3 is 2.86 bits per heavy atom. The molecule has 0 aliphatic heterocycles. The third-order valence-electron chi connectivity index (χ3n) is 2.34. The van der Waals surface area contributed by atoms with E-state index in [4.69, 9.17) is 0 Å². The molecular weight excluding hydrogens is 176 g/mol. The number of hydrogen-bond donors (Lipinski definition) is 1. The second-order valence-corrected chi connectivity index (χ2v) is 3.80. The Balaban J connectivity index is 2.46. The van der Waals surface area contributed by atoms with Gasteiger partial charge in [-0.2, -0.15) is 0 Å². The summed E-state index contributed by atoms with van der Waals surface area (Å²) in [6.45, 7) is 3.28. The number of nitrogens with zero attached hydrogens (tertiary/aromatic N) is 3. The standard InChI is InChI=1S/C10H20N4/c1-4-5-9(7-11-2)6-10-8-14(3)13-12-10/h8-9,11H,4-7H2,1-3H3. The average molecular weight is 196 g/mol. The van der Waals surface area contributed by atoms with Gasteiger partial charge in [0.25, 0.3) is 0 Å². The first-order valence-corrected chi connectivity index (χ1v) is 5.26. The lowest BCUT2D eigenvalue weighted by Gasteiger charge is -2.13. The van der Waals surface area contributed by atoms with Gasteiger partial charge in [0.15, 0.2) is 0 Å². The van der Waals surface area contributed by atoms with Crippen molar-refractivity contribution in [3.63, 3.8) is 0 Å². The quantitative estimate of drug-likeness (QED) is 0.738. The van der Waals surface area contributed by atoms with E-state index >= 15 is 0 Å². The second kappa shape index (κ2) is 5.75. The molecule has 0 radical (unpaired) electrons. The molecule has 0 bridgehead atoms. The largest absolute Gasteiger partial charge is 0.319 e. The normalized spacial score (nSPS) is 13.1. The molecule has 0 amide bonds. The van der Waals surface area contributed by atoms with Crippen molar-refractivity contribution in [2.45, 2.75) is 26.2 Å². The van der Waals surface area contributed by atoms with Crippen LogP contribution >= 0.6 is 0 Å². The zero-order valence-electron chi connectivity index (χ0n) is 9.32. The highest BCUT2D eigenvalue weighted by atomic mass is 15.4. The van der Waals surface area contributed by atoms with Gasteiger partial charge in [-0.1, -0.05) is 18.6 Å². The third kappa shape index (κ3) is 3.46. The summed E-state index contributed by atoms with van der Waals surface area (Å²) in [5.41, 5.74) is 1.10. The van der Waals surface area contributed by atoms with Crippen molar-refractivity contribution in [1.82, 2.24) is 20.3 Å². The van der Waals surface area contributed by atoms with Crippen LogP contribution in [0.15, 0.2) is 6.20 Å². The number of hydrogen-bond acceptors (Lipinski definition) is 3. The lowest BCUT2D eigenvalue weighted by molar-refractivity contribution is 0.451. The van der Waals surface area contributed by atoms with E-state index in [-0.39, 0.29) is 0 Å². The summed E-state index contributed by atoms with van der Waals surface area (Å²) < 4.78 is 1.76. The van der Waals surface area contributed by atoms with Crippen LogP contribution in [0.25, 0.3) is 0 Å². The Labute approximate surface area is 85.7 Å². The zero-order valence-corrected chi connectivity index (χ0v) is 9.32. The van der Waals surface area contributed by atoms with Crippen molar-refractivity contribution in [1.29, 1.82) is 0 Å². The van der Waals surface area contributed by atoms with Crippen LogP contribution in [0.2, 0.25) is 0 Å². The summed E-state index contributed by atoms with van der Waals surface area (Å²) in [6.07, 6.45) is 5.50. The molecule has 0 spiro atoms. The van der Waals surface area contributed by atoms with Gasteiger partial charge in [-0.15, -0.1) is 5.10 Å². The molecule has 1 aromatic rings. The molecule has 1 rings (SSSR count). The molecule has 80 valence electrons. The summed E-state index contributed by atoms with van der Waals surface area (Å²) in [6, 6.07) is 0. The maximum absolute atomic E-state index is 4.11. The highest BCUT2D eigenvalue weighted by molar-refractivity contribution is 4.94. The van der Waals surface area contributed by atoms with Crippen LogP contribution < -0.4 is 5.32 Å². The van der Waals surface area contributed by atoms with Gasteiger partial charge < -0.3 is 5.32 Å². The minimum Gasteiger partial charge on any atom is -0.319 e. The fraction of sp³-hybridized carbons (Fsp3) is 0.800. The van der Waals surface area contributed by atoms with Crippen molar-refractivity contribution < 1.29 is 0 Å². The van der Waals surface area contributed by atoms with Crippen LogP contribution in [0.3, 0.4) is 0 Å². The molecule has 14 heavy (non-hydrogen) atoms. The minimum absolute atomic E-state index is 0.682. The summed E-state index contributed by atoms with van der Waals surface area (Å²) in [7, 11) is 3.91. The predicted molar refractivity (Wildman–Crippen MR) is 57.0 cm³/mol. The van der Waals surface area contributed by atoms with Gasteiger partial charge in [-0.3, -0.25) is 4.68 Å². The number of aromatic nitrogens is 3. The van der Waals surface area contributed by atoms with Crippen molar-refractivity contribution >= 4 is 0 Å². The highest BCUT2D eigenvalue weighted by Crippen LogP contribution is 2.11. The minimum atomic E-state index is 0.682. The Bertz CT molecular complexity index is 250. The molecule has 1 atom stereocenters. The highest BCUT2D eigenvalue weighted by Gasteiger charge is 2.09. The molecule has 4 nitrogen and oxygen atoms in total. The van der Waals surface area contributed by atoms with Gasteiger partial charge in [0.05, 0.1) is 5.69 Å². The first-order chi connectivity index (χ1) is 6.76. The Morgan fingerprint density at radius 2 is 2.36 bits per heavy atom. The van der Waals surface area contributed by atoms with Gasteiger partial charge in [-0.05, 0) is 32.4 Å². The van der Waals surface area contributed by atoms with Crippen LogP contribution in [-0.4, -0.2) is 28.6 Å².